The van der Waals surface area contributed by atoms with Gasteiger partial charge in [-0.3, -0.25) is 4.79 Å². The van der Waals surface area contributed by atoms with Crippen molar-refractivity contribution >= 4 is 27.9 Å². The minimum atomic E-state index is -0.499. The van der Waals surface area contributed by atoms with E-state index in [1.807, 2.05) is 12.1 Å². The molecule has 4 nitrogen and oxygen atoms in total. The summed E-state index contributed by atoms with van der Waals surface area (Å²) < 4.78 is 9.63. The second-order valence-electron chi connectivity index (χ2n) is 3.83. The molecule has 0 aliphatic carbocycles. The predicted octanol–water partition coefficient (Wildman–Crippen LogP) is 2.69. The van der Waals surface area contributed by atoms with E-state index in [9.17, 15) is 9.59 Å². The minimum Gasteiger partial charge on any atom is -0.469 e. The first kappa shape index (κ1) is 14.7. The molecule has 0 unspecified atom stereocenters. The smallest absolute Gasteiger partial charge is 0.338 e. The molecule has 1 atom stereocenters. The zero-order chi connectivity index (χ0) is 13.5. The van der Waals surface area contributed by atoms with E-state index in [2.05, 4.69) is 20.7 Å². The summed E-state index contributed by atoms with van der Waals surface area (Å²) in [5, 5.41) is 0.737. The summed E-state index contributed by atoms with van der Waals surface area (Å²) in [6.45, 7) is 1.65. The van der Waals surface area contributed by atoms with Crippen molar-refractivity contribution in [2.75, 3.05) is 7.11 Å². The molecule has 0 radical (unpaired) electrons. The van der Waals surface area contributed by atoms with Crippen LogP contribution < -0.4 is 0 Å². The third-order valence-corrected chi connectivity index (χ3v) is 2.98. The van der Waals surface area contributed by atoms with Crippen molar-refractivity contribution in [2.45, 2.75) is 24.8 Å². The fourth-order valence-corrected chi connectivity index (χ4v) is 1.71. The average molecular weight is 315 g/mol. The second kappa shape index (κ2) is 7.16. The summed E-state index contributed by atoms with van der Waals surface area (Å²) in [6.07, 6.45) is -0.442. The number of carbonyl (C=O) groups is 2. The van der Waals surface area contributed by atoms with E-state index in [1.165, 1.54) is 7.11 Å². The van der Waals surface area contributed by atoms with Crippen LogP contribution in [0.5, 0.6) is 0 Å². The van der Waals surface area contributed by atoms with Gasteiger partial charge in [0.05, 0.1) is 19.1 Å². The van der Waals surface area contributed by atoms with Crippen LogP contribution in [0.1, 0.15) is 29.3 Å². The molecule has 5 heteroatoms. The lowest BCUT2D eigenvalue weighted by Gasteiger charge is -2.12. The molecule has 0 bridgehead atoms. The summed E-state index contributed by atoms with van der Waals surface area (Å²) in [7, 11) is 1.30. The molecule has 0 saturated carbocycles. The van der Waals surface area contributed by atoms with Gasteiger partial charge in [-0.15, -0.1) is 0 Å². The van der Waals surface area contributed by atoms with Gasteiger partial charge in [0, 0.05) is 5.33 Å². The summed E-state index contributed by atoms with van der Waals surface area (Å²) in [4.78, 5) is 22.7. The number of rotatable bonds is 5. The van der Waals surface area contributed by atoms with E-state index >= 15 is 0 Å². The van der Waals surface area contributed by atoms with Gasteiger partial charge < -0.3 is 9.47 Å². The van der Waals surface area contributed by atoms with Crippen LogP contribution in [0.2, 0.25) is 0 Å². The van der Waals surface area contributed by atoms with Gasteiger partial charge in [-0.05, 0) is 24.6 Å². The average Bonchev–Trinajstić information content (AvgIpc) is 2.38. The Balaban J connectivity index is 2.56. The molecular formula is C13H15BrO4. The fraction of sp³-hybridized carbons (Fsp3) is 0.385. The molecule has 98 valence electrons. The maximum Gasteiger partial charge on any atom is 0.338 e. The molecule has 0 N–H and O–H groups in total. The van der Waals surface area contributed by atoms with Crippen molar-refractivity contribution in [2.24, 2.45) is 0 Å². The maximum absolute atomic E-state index is 11.7. The summed E-state index contributed by atoms with van der Waals surface area (Å²) in [5.74, 6) is -0.836. The van der Waals surface area contributed by atoms with Crippen LogP contribution in [-0.4, -0.2) is 25.2 Å². The van der Waals surface area contributed by atoms with E-state index in [-0.39, 0.29) is 6.42 Å². The molecule has 0 spiro atoms. The van der Waals surface area contributed by atoms with Crippen molar-refractivity contribution in [3.63, 3.8) is 0 Å². The Hall–Kier alpha value is -1.36. The van der Waals surface area contributed by atoms with Crippen molar-refractivity contribution in [3.05, 3.63) is 35.4 Å². The van der Waals surface area contributed by atoms with Gasteiger partial charge in [-0.25, -0.2) is 4.79 Å². The molecule has 18 heavy (non-hydrogen) atoms. The molecule has 0 aliphatic rings. The zero-order valence-electron chi connectivity index (χ0n) is 10.3. The molecule has 1 aromatic carbocycles. The number of methoxy groups -OCH3 is 1. The first-order valence-electron chi connectivity index (χ1n) is 5.49. The van der Waals surface area contributed by atoms with Crippen molar-refractivity contribution in [3.8, 4) is 0 Å². The van der Waals surface area contributed by atoms with Gasteiger partial charge in [0.25, 0.3) is 0 Å². The van der Waals surface area contributed by atoms with Gasteiger partial charge >= 0.3 is 11.9 Å². The van der Waals surface area contributed by atoms with Crippen LogP contribution >= 0.6 is 15.9 Å². The highest BCUT2D eigenvalue weighted by Gasteiger charge is 2.15. The quantitative estimate of drug-likeness (QED) is 0.619. The monoisotopic (exact) mass is 314 g/mol. The van der Waals surface area contributed by atoms with Gasteiger partial charge in [-0.2, -0.15) is 0 Å². The van der Waals surface area contributed by atoms with Gasteiger partial charge in [-0.1, -0.05) is 28.1 Å². The zero-order valence-corrected chi connectivity index (χ0v) is 11.9. The summed E-state index contributed by atoms with van der Waals surface area (Å²) in [5.41, 5.74) is 1.55. The first-order chi connectivity index (χ1) is 8.56. The SMILES string of the molecule is COC(=O)C[C@H](C)OC(=O)c1ccc(CBr)cc1. The number of benzene rings is 1. The highest BCUT2D eigenvalue weighted by atomic mass is 79.9. The van der Waals surface area contributed by atoms with E-state index < -0.39 is 18.0 Å². The van der Waals surface area contributed by atoms with Gasteiger partial charge in [0.15, 0.2) is 0 Å². The molecule has 0 amide bonds. The third kappa shape index (κ3) is 4.49. The molecule has 0 aromatic heterocycles. The lowest BCUT2D eigenvalue weighted by atomic mass is 10.1. The van der Waals surface area contributed by atoms with E-state index in [4.69, 9.17) is 4.74 Å². The van der Waals surface area contributed by atoms with Crippen LogP contribution in [0.15, 0.2) is 24.3 Å². The summed E-state index contributed by atoms with van der Waals surface area (Å²) in [6, 6.07) is 7.08. The lowest BCUT2D eigenvalue weighted by Crippen LogP contribution is -2.19. The number of ether oxygens (including phenoxy) is 2. The molecule has 0 saturated heterocycles. The molecular weight excluding hydrogens is 300 g/mol. The number of alkyl halides is 1. The largest absolute Gasteiger partial charge is 0.469 e. The molecule has 1 rings (SSSR count). The van der Waals surface area contributed by atoms with E-state index in [0.717, 1.165) is 10.9 Å². The Morgan fingerprint density at radius 1 is 1.28 bits per heavy atom. The van der Waals surface area contributed by atoms with Crippen LogP contribution in [-0.2, 0) is 19.6 Å². The Bertz CT molecular complexity index is 414. The molecule has 0 aliphatic heterocycles. The predicted molar refractivity (Wildman–Crippen MR) is 70.6 cm³/mol. The number of esters is 2. The topological polar surface area (TPSA) is 52.6 Å². The van der Waals surface area contributed by atoms with E-state index in [1.54, 1.807) is 19.1 Å². The minimum absolute atomic E-state index is 0.0573. The first-order valence-corrected chi connectivity index (χ1v) is 6.61. The maximum atomic E-state index is 11.7. The summed E-state index contributed by atoms with van der Waals surface area (Å²) >= 11 is 3.33. The van der Waals surface area contributed by atoms with Crippen LogP contribution in [0.25, 0.3) is 0 Å². The van der Waals surface area contributed by atoms with Crippen molar-refractivity contribution in [1.82, 2.24) is 0 Å². The van der Waals surface area contributed by atoms with Crippen LogP contribution in [0.3, 0.4) is 0 Å². The third-order valence-electron chi connectivity index (χ3n) is 2.33. The highest BCUT2D eigenvalue weighted by molar-refractivity contribution is 9.08. The Morgan fingerprint density at radius 2 is 1.89 bits per heavy atom. The van der Waals surface area contributed by atoms with Crippen LogP contribution in [0.4, 0.5) is 0 Å². The number of hydrogen-bond acceptors (Lipinski definition) is 4. The number of halogens is 1. The molecule has 1 aromatic rings. The van der Waals surface area contributed by atoms with Gasteiger partial charge in [0.2, 0.25) is 0 Å². The lowest BCUT2D eigenvalue weighted by molar-refractivity contribution is -0.142. The molecule has 0 fully saturated rings. The Labute approximate surface area is 114 Å². The number of carbonyl (C=O) groups excluding carboxylic acids is 2. The number of hydrogen-bond donors (Lipinski definition) is 0. The van der Waals surface area contributed by atoms with E-state index in [0.29, 0.717) is 5.56 Å². The van der Waals surface area contributed by atoms with Crippen molar-refractivity contribution < 1.29 is 19.1 Å². The standard InChI is InChI=1S/C13H15BrO4/c1-9(7-12(15)17-2)18-13(16)11-5-3-10(8-14)4-6-11/h3-6,9H,7-8H2,1-2H3/t9-/m0/s1. The van der Waals surface area contributed by atoms with Crippen molar-refractivity contribution in [1.29, 1.82) is 0 Å². The Morgan fingerprint density at radius 3 is 2.39 bits per heavy atom. The van der Waals surface area contributed by atoms with Crippen LogP contribution in [0, 0.1) is 0 Å². The Kier molecular flexibility index (Phi) is 5.85. The normalized spacial score (nSPS) is 11.7. The van der Waals surface area contributed by atoms with Gasteiger partial charge in [0.1, 0.15) is 6.10 Å². The molecule has 0 heterocycles. The highest BCUT2D eigenvalue weighted by Crippen LogP contribution is 2.10. The second-order valence-corrected chi connectivity index (χ2v) is 4.39. The fourth-order valence-electron chi connectivity index (χ4n) is 1.34.